The van der Waals surface area contributed by atoms with Gasteiger partial charge >= 0.3 is 0 Å². The Bertz CT molecular complexity index is 803. The van der Waals surface area contributed by atoms with Crippen LogP contribution in [0, 0.1) is 11.8 Å². The maximum absolute atomic E-state index is 12.4. The van der Waals surface area contributed by atoms with Gasteiger partial charge in [0, 0.05) is 32.2 Å². The van der Waals surface area contributed by atoms with Gasteiger partial charge in [-0.1, -0.05) is 17.3 Å². The lowest BCUT2D eigenvalue weighted by Gasteiger charge is -2.49. The Labute approximate surface area is 153 Å². The highest BCUT2D eigenvalue weighted by molar-refractivity contribution is 5.79. The minimum absolute atomic E-state index is 0.133. The number of hydrogen-bond donors (Lipinski definition) is 1. The van der Waals surface area contributed by atoms with Crippen LogP contribution in [-0.4, -0.2) is 69.0 Å². The van der Waals surface area contributed by atoms with Crippen molar-refractivity contribution < 1.29 is 9.90 Å². The highest BCUT2D eigenvalue weighted by atomic mass is 16.3. The van der Waals surface area contributed by atoms with Crippen LogP contribution < -0.4 is 0 Å². The molecule has 1 aromatic heterocycles. The first-order valence-electron chi connectivity index (χ1n) is 9.16. The van der Waals surface area contributed by atoms with E-state index in [1.165, 1.54) is 0 Å². The number of aromatic nitrogens is 3. The summed E-state index contributed by atoms with van der Waals surface area (Å²) in [5.41, 5.74) is 1.62. The second kappa shape index (κ2) is 6.72. The maximum atomic E-state index is 12.4. The fraction of sp³-hybridized carbons (Fsp3) is 0.526. The topological polar surface area (TPSA) is 74.5 Å². The number of carbonyl (C=O) groups excluding carboxylic acids is 1. The third-order valence-corrected chi connectivity index (χ3v) is 5.71. The number of benzene rings is 1. The molecule has 3 aliphatic rings. The Morgan fingerprint density at radius 1 is 1.38 bits per heavy atom. The van der Waals surface area contributed by atoms with Crippen molar-refractivity contribution >= 4 is 5.91 Å². The minimum atomic E-state index is 0.133. The predicted octanol–water partition coefficient (Wildman–Crippen LogP) is 1.45. The second-order valence-corrected chi connectivity index (χ2v) is 7.65. The molecule has 1 amide bonds. The van der Waals surface area contributed by atoms with E-state index in [0.29, 0.717) is 12.0 Å². The Balaban J connectivity index is 1.44. The molecule has 4 heterocycles. The fourth-order valence-corrected chi connectivity index (χ4v) is 4.34. The van der Waals surface area contributed by atoms with Crippen molar-refractivity contribution in [2.45, 2.75) is 25.4 Å². The van der Waals surface area contributed by atoms with Crippen LogP contribution in [0.25, 0.3) is 11.3 Å². The Hall–Kier alpha value is -2.41. The summed E-state index contributed by atoms with van der Waals surface area (Å²) in [6.45, 7) is 2.69. The molecule has 7 heteroatoms. The summed E-state index contributed by atoms with van der Waals surface area (Å²) in [5, 5.41) is 18.1. The first kappa shape index (κ1) is 17.0. The average Bonchev–Trinajstić information content (AvgIpc) is 3.10. The Morgan fingerprint density at radius 2 is 2.23 bits per heavy atom. The molecule has 2 bridgehead atoms. The van der Waals surface area contributed by atoms with Gasteiger partial charge in [-0.05, 0) is 37.4 Å². The monoisotopic (exact) mass is 355 g/mol. The summed E-state index contributed by atoms with van der Waals surface area (Å²) in [7, 11) is 3.69. The van der Waals surface area contributed by atoms with Crippen LogP contribution in [0.1, 0.15) is 12.8 Å². The quantitative estimate of drug-likeness (QED) is 0.898. The van der Waals surface area contributed by atoms with Crippen molar-refractivity contribution in [3.8, 4) is 17.0 Å². The summed E-state index contributed by atoms with van der Waals surface area (Å²) >= 11 is 0. The zero-order valence-corrected chi connectivity index (χ0v) is 15.2. The van der Waals surface area contributed by atoms with Gasteiger partial charge in [0.25, 0.3) is 0 Å². The lowest BCUT2D eigenvalue weighted by Crippen LogP contribution is -2.57. The van der Waals surface area contributed by atoms with E-state index >= 15 is 0 Å². The predicted molar refractivity (Wildman–Crippen MR) is 97.4 cm³/mol. The zero-order valence-electron chi connectivity index (χ0n) is 15.2. The van der Waals surface area contributed by atoms with Crippen LogP contribution in [0.3, 0.4) is 0 Å². The van der Waals surface area contributed by atoms with Crippen LogP contribution in [-0.2, 0) is 11.3 Å². The van der Waals surface area contributed by atoms with Gasteiger partial charge in [-0.25, -0.2) is 0 Å². The summed E-state index contributed by atoms with van der Waals surface area (Å²) < 4.78 is 1.88. The van der Waals surface area contributed by atoms with Gasteiger partial charge in [0.2, 0.25) is 5.91 Å². The third-order valence-electron chi connectivity index (χ3n) is 5.71. The van der Waals surface area contributed by atoms with Crippen molar-refractivity contribution in [2.75, 3.05) is 27.2 Å². The molecule has 3 fully saturated rings. The number of fused-ring (bicyclic) bond motifs is 3. The van der Waals surface area contributed by atoms with Crippen molar-refractivity contribution in [1.82, 2.24) is 24.8 Å². The molecule has 3 aliphatic heterocycles. The molecule has 2 aromatic rings. The number of phenols is 1. The highest BCUT2D eigenvalue weighted by Gasteiger charge is 2.43. The van der Waals surface area contributed by atoms with Gasteiger partial charge in [-0.3, -0.25) is 14.4 Å². The van der Waals surface area contributed by atoms with Crippen LogP contribution >= 0.6 is 0 Å². The Kier molecular flexibility index (Phi) is 4.40. The molecule has 0 aliphatic carbocycles. The molecule has 3 saturated heterocycles. The number of rotatable bonds is 4. The molecule has 4 atom stereocenters. The molecule has 1 aromatic carbocycles. The van der Waals surface area contributed by atoms with Crippen LogP contribution in [0.4, 0.5) is 0 Å². The SMILES string of the molecule is CN(C)C(=O)[C@H]1CN2CC[C@@H]1C[C@@H]2Cn1cc(-c2cccc(O)c2)nn1. The molecule has 26 heavy (non-hydrogen) atoms. The van der Waals surface area contributed by atoms with E-state index in [1.807, 2.05) is 31.0 Å². The van der Waals surface area contributed by atoms with Crippen molar-refractivity contribution in [3.05, 3.63) is 30.5 Å². The minimum Gasteiger partial charge on any atom is -0.508 e. The molecule has 138 valence electrons. The maximum Gasteiger partial charge on any atom is 0.226 e. The van der Waals surface area contributed by atoms with Gasteiger partial charge < -0.3 is 10.0 Å². The zero-order chi connectivity index (χ0) is 18.3. The van der Waals surface area contributed by atoms with Gasteiger partial charge in [-0.15, -0.1) is 5.10 Å². The molecule has 0 saturated carbocycles. The van der Waals surface area contributed by atoms with Crippen molar-refractivity contribution in [3.63, 3.8) is 0 Å². The molecule has 0 spiro atoms. The Morgan fingerprint density at radius 3 is 2.92 bits per heavy atom. The standard InChI is InChI=1S/C19H25N5O2/c1-22(2)19(26)17-11-23-7-6-13(17)8-15(23)10-24-12-18(20-21-24)14-4-3-5-16(25)9-14/h3-5,9,12-13,15,17,25H,6-8,10-11H2,1-2H3/t13-,15-,17+/m1/s1. The van der Waals surface area contributed by atoms with Crippen LogP contribution in [0.5, 0.6) is 5.75 Å². The third kappa shape index (κ3) is 3.19. The van der Waals surface area contributed by atoms with E-state index in [0.717, 1.165) is 43.7 Å². The van der Waals surface area contributed by atoms with Gasteiger partial charge in [0.1, 0.15) is 11.4 Å². The summed E-state index contributed by atoms with van der Waals surface area (Å²) in [6, 6.07) is 7.46. The van der Waals surface area contributed by atoms with E-state index in [-0.39, 0.29) is 17.6 Å². The average molecular weight is 355 g/mol. The number of carbonyl (C=O) groups is 1. The molecular formula is C19H25N5O2. The molecular weight excluding hydrogens is 330 g/mol. The highest BCUT2D eigenvalue weighted by Crippen LogP contribution is 2.37. The summed E-state index contributed by atoms with van der Waals surface area (Å²) in [4.78, 5) is 16.5. The lowest BCUT2D eigenvalue weighted by atomic mass is 9.75. The normalized spacial score (nSPS) is 27.5. The molecule has 1 unspecified atom stereocenters. The number of nitrogens with zero attached hydrogens (tertiary/aromatic N) is 5. The number of piperidine rings is 3. The lowest BCUT2D eigenvalue weighted by molar-refractivity contribution is -0.141. The van der Waals surface area contributed by atoms with Crippen LogP contribution in [0.2, 0.25) is 0 Å². The first-order valence-corrected chi connectivity index (χ1v) is 9.16. The largest absolute Gasteiger partial charge is 0.508 e. The molecule has 5 rings (SSSR count). The molecule has 0 radical (unpaired) electrons. The van der Waals surface area contributed by atoms with Gasteiger partial charge in [-0.2, -0.15) is 0 Å². The van der Waals surface area contributed by atoms with E-state index in [2.05, 4.69) is 15.2 Å². The number of amides is 1. The van der Waals surface area contributed by atoms with E-state index in [1.54, 1.807) is 23.1 Å². The van der Waals surface area contributed by atoms with Gasteiger partial charge in [0.05, 0.1) is 18.7 Å². The second-order valence-electron chi connectivity index (χ2n) is 7.65. The van der Waals surface area contributed by atoms with E-state index < -0.39 is 0 Å². The molecule has 7 nitrogen and oxygen atoms in total. The summed E-state index contributed by atoms with van der Waals surface area (Å²) in [5.74, 6) is 1.08. The van der Waals surface area contributed by atoms with Gasteiger partial charge in [0.15, 0.2) is 0 Å². The first-order chi connectivity index (χ1) is 12.5. The number of hydrogen-bond acceptors (Lipinski definition) is 5. The smallest absolute Gasteiger partial charge is 0.226 e. The fourth-order valence-electron chi connectivity index (χ4n) is 4.34. The van der Waals surface area contributed by atoms with E-state index in [9.17, 15) is 9.90 Å². The number of phenolic OH excluding ortho intramolecular Hbond substituents is 1. The summed E-state index contributed by atoms with van der Waals surface area (Å²) in [6.07, 6.45) is 4.07. The van der Waals surface area contributed by atoms with Crippen molar-refractivity contribution in [2.24, 2.45) is 11.8 Å². The molecule has 1 N–H and O–H groups in total. The van der Waals surface area contributed by atoms with Crippen LogP contribution in [0.15, 0.2) is 30.5 Å². The van der Waals surface area contributed by atoms with Crippen molar-refractivity contribution in [1.29, 1.82) is 0 Å². The number of aromatic hydroxyl groups is 1. The van der Waals surface area contributed by atoms with E-state index in [4.69, 9.17) is 0 Å².